The van der Waals surface area contributed by atoms with Crippen LogP contribution in [0.5, 0.6) is 5.75 Å². The Bertz CT molecular complexity index is 1270. The lowest BCUT2D eigenvalue weighted by Crippen LogP contribution is -2.19. The van der Waals surface area contributed by atoms with Gasteiger partial charge >= 0.3 is 0 Å². The SMILES string of the molecule is COc1ccccc1-c1csc(NC(=O)C(Sc2ccc(NC(C)=O)cc2)c2ccccc2)n1. The Labute approximate surface area is 206 Å². The van der Waals surface area contributed by atoms with Gasteiger partial charge in [0.1, 0.15) is 11.0 Å². The molecule has 0 aliphatic carbocycles. The van der Waals surface area contributed by atoms with Gasteiger partial charge in [-0.1, -0.05) is 42.5 Å². The summed E-state index contributed by atoms with van der Waals surface area (Å²) in [5, 5.41) is 7.67. The van der Waals surface area contributed by atoms with Crippen molar-refractivity contribution in [3.05, 3.63) is 89.8 Å². The molecule has 1 atom stereocenters. The average Bonchev–Trinajstić information content (AvgIpc) is 3.32. The minimum Gasteiger partial charge on any atom is -0.496 e. The Kier molecular flexibility index (Phi) is 7.61. The highest BCUT2D eigenvalue weighted by Crippen LogP contribution is 2.38. The fraction of sp³-hybridized carbons (Fsp3) is 0.115. The second kappa shape index (κ2) is 11.0. The first kappa shape index (κ1) is 23.5. The molecule has 172 valence electrons. The number of benzene rings is 3. The largest absolute Gasteiger partial charge is 0.496 e. The van der Waals surface area contributed by atoms with Crippen LogP contribution in [0, 0.1) is 0 Å². The summed E-state index contributed by atoms with van der Waals surface area (Å²) in [5.41, 5.74) is 3.21. The lowest BCUT2D eigenvalue weighted by molar-refractivity contribution is -0.116. The number of amides is 2. The minimum atomic E-state index is -0.480. The summed E-state index contributed by atoms with van der Waals surface area (Å²) in [6, 6.07) is 24.7. The zero-order valence-electron chi connectivity index (χ0n) is 18.6. The van der Waals surface area contributed by atoms with Gasteiger partial charge in [-0.25, -0.2) is 4.98 Å². The highest BCUT2D eigenvalue weighted by atomic mass is 32.2. The van der Waals surface area contributed by atoms with Crippen LogP contribution in [0.3, 0.4) is 0 Å². The quantitative estimate of drug-likeness (QED) is 0.286. The maximum absolute atomic E-state index is 13.4. The molecule has 2 amide bonds. The van der Waals surface area contributed by atoms with Gasteiger partial charge in [-0.15, -0.1) is 23.1 Å². The van der Waals surface area contributed by atoms with Crippen molar-refractivity contribution in [2.45, 2.75) is 17.1 Å². The average molecular weight is 490 g/mol. The molecule has 0 fully saturated rings. The van der Waals surface area contributed by atoms with Crippen LogP contribution >= 0.6 is 23.1 Å². The zero-order chi connectivity index (χ0) is 23.9. The number of thiazole rings is 1. The van der Waals surface area contributed by atoms with Gasteiger partial charge in [-0.3, -0.25) is 9.59 Å². The van der Waals surface area contributed by atoms with E-state index in [0.29, 0.717) is 10.8 Å². The smallest absolute Gasteiger partial charge is 0.244 e. The molecule has 1 unspecified atom stereocenters. The molecule has 8 heteroatoms. The molecule has 4 aromatic rings. The number of anilines is 2. The number of para-hydroxylation sites is 1. The summed E-state index contributed by atoms with van der Waals surface area (Å²) in [6.45, 7) is 1.47. The minimum absolute atomic E-state index is 0.127. The molecule has 0 saturated carbocycles. The number of aromatic nitrogens is 1. The van der Waals surface area contributed by atoms with Gasteiger partial charge in [-0.2, -0.15) is 0 Å². The predicted octanol–water partition coefficient (Wildman–Crippen LogP) is 6.25. The van der Waals surface area contributed by atoms with Gasteiger partial charge in [-0.05, 0) is 42.0 Å². The number of thioether (sulfide) groups is 1. The van der Waals surface area contributed by atoms with Crippen LogP contribution in [0.25, 0.3) is 11.3 Å². The molecular formula is C26H23N3O3S2. The van der Waals surface area contributed by atoms with Crippen molar-refractivity contribution in [1.82, 2.24) is 4.98 Å². The maximum atomic E-state index is 13.4. The fourth-order valence-electron chi connectivity index (χ4n) is 3.34. The normalized spacial score (nSPS) is 11.5. The highest BCUT2D eigenvalue weighted by Gasteiger charge is 2.23. The Morgan fingerprint density at radius 3 is 2.35 bits per heavy atom. The van der Waals surface area contributed by atoms with E-state index in [1.165, 1.54) is 30.0 Å². The number of nitrogens with one attached hydrogen (secondary N) is 2. The van der Waals surface area contributed by atoms with Crippen molar-refractivity contribution >= 4 is 45.7 Å². The van der Waals surface area contributed by atoms with E-state index in [1.807, 2.05) is 84.2 Å². The van der Waals surface area contributed by atoms with Gasteiger partial charge in [0.25, 0.3) is 0 Å². The summed E-state index contributed by atoms with van der Waals surface area (Å²) < 4.78 is 5.43. The van der Waals surface area contributed by atoms with Crippen LogP contribution in [0.4, 0.5) is 10.8 Å². The Balaban J connectivity index is 1.54. The number of rotatable bonds is 8. The van der Waals surface area contributed by atoms with Crippen molar-refractivity contribution in [3.8, 4) is 17.0 Å². The van der Waals surface area contributed by atoms with Crippen molar-refractivity contribution < 1.29 is 14.3 Å². The molecule has 0 saturated heterocycles. The second-order valence-corrected chi connectivity index (χ2v) is 9.38. The van der Waals surface area contributed by atoms with Crippen molar-refractivity contribution in [3.63, 3.8) is 0 Å². The summed E-state index contributed by atoms with van der Waals surface area (Å²) >= 11 is 2.81. The standard InChI is InChI=1S/C26H23N3O3S2/c1-17(30)27-19-12-14-20(15-13-19)34-24(18-8-4-3-5-9-18)25(31)29-26-28-22(16-33-26)21-10-6-7-11-23(21)32-2/h3-16,24H,1-2H3,(H,27,30)(H,28,29,31). The first-order valence-corrected chi connectivity index (χ1v) is 12.3. The van der Waals surface area contributed by atoms with E-state index < -0.39 is 5.25 Å². The Hall–Kier alpha value is -3.62. The lowest BCUT2D eigenvalue weighted by atomic mass is 10.1. The third-order valence-electron chi connectivity index (χ3n) is 4.89. The molecule has 0 spiro atoms. The van der Waals surface area contributed by atoms with Gasteiger partial charge in [0.2, 0.25) is 11.8 Å². The van der Waals surface area contributed by atoms with Crippen LogP contribution in [0.15, 0.2) is 89.1 Å². The molecule has 1 aromatic heterocycles. The van der Waals surface area contributed by atoms with Crippen LogP contribution < -0.4 is 15.4 Å². The number of hydrogen-bond acceptors (Lipinski definition) is 6. The molecule has 4 rings (SSSR count). The highest BCUT2D eigenvalue weighted by molar-refractivity contribution is 8.00. The van der Waals surface area contributed by atoms with Gasteiger partial charge in [0.15, 0.2) is 5.13 Å². The van der Waals surface area contributed by atoms with E-state index in [1.54, 1.807) is 7.11 Å². The third-order valence-corrected chi connectivity index (χ3v) is 6.91. The number of ether oxygens (including phenoxy) is 1. The third kappa shape index (κ3) is 5.84. The van der Waals surface area contributed by atoms with Gasteiger partial charge < -0.3 is 15.4 Å². The number of carbonyl (C=O) groups excluding carboxylic acids is 2. The molecule has 0 aliphatic rings. The van der Waals surface area contributed by atoms with E-state index in [2.05, 4.69) is 15.6 Å². The number of nitrogens with zero attached hydrogens (tertiary/aromatic N) is 1. The van der Waals surface area contributed by atoms with Crippen LogP contribution in [-0.4, -0.2) is 23.9 Å². The zero-order valence-corrected chi connectivity index (χ0v) is 20.3. The van der Waals surface area contributed by atoms with E-state index in [4.69, 9.17) is 4.74 Å². The van der Waals surface area contributed by atoms with Crippen LogP contribution in [0.2, 0.25) is 0 Å². The van der Waals surface area contributed by atoms with Crippen LogP contribution in [0.1, 0.15) is 17.7 Å². The molecule has 2 N–H and O–H groups in total. The predicted molar refractivity (Wildman–Crippen MR) is 139 cm³/mol. The lowest BCUT2D eigenvalue weighted by Gasteiger charge is -2.16. The monoisotopic (exact) mass is 489 g/mol. The molecule has 6 nitrogen and oxygen atoms in total. The molecule has 34 heavy (non-hydrogen) atoms. The van der Waals surface area contributed by atoms with Crippen molar-refractivity contribution in [2.24, 2.45) is 0 Å². The first-order chi connectivity index (χ1) is 16.5. The van der Waals surface area contributed by atoms with E-state index in [-0.39, 0.29) is 11.8 Å². The molecule has 0 bridgehead atoms. The summed E-state index contributed by atoms with van der Waals surface area (Å²) in [4.78, 5) is 30.1. The molecule has 1 heterocycles. The number of hydrogen-bond donors (Lipinski definition) is 2. The topological polar surface area (TPSA) is 80.3 Å². The molecular weight excluding hydrogens is 466 g/mol. The van der Waals surface area contributed by atoms with E-state index in [9.17, 15) is 9.59 Å². The molecule has 0 radical (unpaired) electrons. The van der Waals surface area contributed by atoms with Gasteiger partial charge in [0, 0.05) is 28.5 Å². The summed E-state index contributed by atoms with van der Waals surface area (Å²) in [7, 11) is 1.62. The molecule has 3 aromatic carbocycles. The maximum Gasteiger partial charge on any atom is 0.244 e. The number of carbonyl (C=O) groups is 2. The Morgan fingerprint density at radius 2 is 1.65 bits per heavy atom. The second-order valence-electron chi connectivity index (χ2n) is 7.34. The fourth-order valence-corrected chi connectivity index (χ4v) is 5.08. The Morgan fingerprint density at radius 1 is 0.941 bits per heavy atom. The molecule has 0 aliphatic heterocycles. The summed E-state index contributed by atoms with van der Waals surface area (Å²) in [5.74, 6) is 0.437. The van der Waals surface area contributed by atoms with Gasteiger partial charge in [0.05, 0.1) is 12.8 Å². The number of methoxy groups -OCH3 is 1. The van der Waals surface area contributed by atoms with E-state index >= 15 is 0 Å². The van der Waals surface area contributed by atoms with E-state index in [0.717, 1.165) is 27.5 Å². The first-order valence-electron chi connectivity index (χ1n) is 10.5. The summed E-state index contributed by atoms with van der Waals surface area (Å²) in [6.07, 6.45) is 0. The van der Waals surface area contributed by atoms with Crippen LogP contribution in [-0.2, 0) is 9.59 Å². The van der Waals surface area contributed by atoms with Crippen molar-refractivity contribution in [2.75, 3.05) is 17.7 Å². The van der Waals surface area contributed by atoms with Crippen molar-refractivity contribution in [1.29, 1.82) is 0 Å².